The number of amides is 2. The zero-order chi connectivity index (χ0) is 31.1. The molecule has 0 aliphatic heterocycles. The molecule has 1 fully saturated rings. The summed E-state index contributed by atoms with van der Waals surface area (Å²) in [5.41, 5.74) is 1.56. The molecule has 11 heteroatoms. The quantitative estimate of drug-likeness (QED) is 0.231. The van der Waals surface area contributed by atoms with E-state index in [0.717, 1.165) is 36.4 Å². The second kappa shape index (κ2) is 14.8. The number of hydrogen-bond donors (Lipinski definition) is 1. The molecule has 7 nitrogen and oxygen atoms in total. The fourth-order valence-electron chi connectivity index (χ4n) is 5.43. The van der Waals surface area contributed by atoms with Crippen LogP contribution in [-0.2, 0) is 26.2 Å². The van der Waals surface area contributed by atoms with Crippen LogP contribution < -0.4 is 9.62 Å². The van der Waals surface area contributed by atoms with Crippen molar-refractivity contribution in [2.75, 3.05) is 10.8 Å². The number of hydrogen-bond acceptors (Lipinski definition) is 4. The summed E-state index contributed by atoms with van der Waals surface area (Å²) in [5, 5.41) is 4.26. The molecule has 0 radical (unpaired) electrons. The van der Waals surface area contributed by atoms with Crippen molar-refractivity contribution < 1.29 is 18.0 Å². The van der Waals surface area contributed by atoms with E-state index in [1.807, 2.05) is 6.92 Å². The summed E-state index contributed by atoms with van der Waals surface area (Å²) >= 11 is 18.6. The smallest absolute Gasteiger partial charge is 0.264 e. The Morgan fingerprint density at radius 2 is 1.63 bits per heavy atom. The van der Waals surface area contributed by atoms with E-state index in [0.29, 0.717) is 38.3 Å². The monoisotopic (exact) mass is 663 g/mol. The van der Waals surface area contributed by atoms with E-state index in [-0.39, 0.29) is 23.4 Å². The largest absolute Gasteiger partial charge is 0.352 e. The highest BCUT2D eigenvalue weighted by Crippen LogP contribution is 2.30. The van der Waals surface area contributed by atoms with Crippen molar-refractivity contribution in [2.24, 2.45) is 0 Å². The molecular formula is C32H36Cl3N3O4S. The summed E-state index contributed by atoms with van der Waals surface area (Å²) in [6.07, 6.45) is 5.34. The molecule has 43 heavy (non-hydrogen) atoms. The van der Waals surface area contributed by atoms with E-state index in [2.05, 4.69) is 5.32 Å². The SMILES string of the molecule is CC[C@@H](C(=O)NC1CCCCC1)N(Cc1ccc(Cl)c(Cl)c1)C(=O)CN(c1ccc(Cl)cc1C)S(=O)(=O)c1ccccc1. The van der Waals surface area contributed by atoms with Gasteiger partial charge >= 0.3 is 0 Å². The maximum atomic E-state index is 14.3. The van der Waals surface area contributed by atoms with E-state index in [1.165, 1.54) is 17.0 Å². The van der Waals surface area contributed by atoms with Crippen molar-refractivity contribution in [3.63, 3.8) is 0 Å². The number of benzene rings is 3. The molecule has 0 spiro atoms. The average molecular weight is 665 g/mol. The molecule has 3 aromatic carbocycles. The predicted molar refractivity (Wildman–Crippen MR) is 173 cm³/mol. The number of carbonyl (C=O) groups excluding carboxylic acids is 2. The summed E-state index contributed by atoms with van der Waals surface area (Å²) in [6.45, 7) is 3.07. The molecule has 1 aliphatic carbocycles. The van der Waals surface area contributed by atoms with Gasteiger partial charge in [0.1, 0.15) is 12.6 Å². The Balaban J connectivity index is 1.73. The molecule has 0 aromatic heterocycles. The van der Waals surface area contributed by atoms with Gasteiger partial charge < -0.3 is 10.2 Å². The Bertz CT molecular complexity index is 1550. The normalized spacial score (nSPS) is 14.6. The van der Waals surface area contributed by atoms with Crippen LogP contribution in [0, 0.1) is 6.92 Å². The van der Waals surface area contributed by atoms with Crippen LogP contribution in [0.5, 0.6) is 0 Å². The van der Waals surface area contributed by atoms with Gasteiger partial charge in [0.05, 0.1) is 20.6 Å². The highest BCUT2D eigenvalue weighted by atomic mass is 35.5. The van der Waals surface area contributed by atoms with Gasteiger partial charge in [-0.1, -0.05) is 85.3 Å². The Kier molecular flexibility index (Phi) is 11.4. The number of aryl methyl sites for hydroxylation is 1. The Morgan fingerprint density at radius 1 is 0.930 bits per heavy atom. The van der Waals surface area contributed by atoms with Gasteiger partial charge in [0, 0.05) is 17.6 Å². The van der Waals surface area contributed by atoms with E-state index in [4.69, 9.17) is 34.8 Å². The molecule has 0 bridgehead atoms. The maximum absolute atomic E-state index is 14.3. The third-order valence-electron chi connectivity index (χ3n) is 7.71. The van der Waals surface area contributed by atoms with E-state index >= 15 is 0 Å². The summed E-state index contributed by atoms with van der Waals surface area (Å²) in [7, 11) is -4.17. The van der Waals surface area contributed by atoms with Crippen LogP contribution in [0.4, 0.5) is 5.69 Å². The molecule has 0 unspecified atom stereocenters. The van der Waals surface area contributed by atoms with E-state index in [9.17, 15) is 18.0 Å². The van der Waals surface area contributed by atoms with E-state index in [1.54, 1.807) is 61.5 Å². The van der Waals surface area contributed by atoms with Crippen molar-refractivity contribution >= 4 is 62.3 Å². The van der Waals surface area contributed by atoms with Crippen LogP contribution in [0.3, 0.4) is 0 Å². The molecule has 230 valence electrons. The molecule has 1 N–H and O–H groups in total. The van der Waals surface area contributed by atoms with E-state index < -0.39 is 28.5 Å². The Labute approximate surface area is 269 Å². The number of carbonyl (C=O) groups is 2. The fourth-order valence-corrected chi connectivity index (χ4v) is 7.48. The first kappa shape index (κ1) is 33.1. The molecule has 1 aliphatic rings. The summed E-state index contributed by atoms with van der Waals surface area (Å²) in [5.74, 6) is -0.798. The van der Waals surface area contributed by atoms with Crippen LogP contribution in [0.2, 0.25) is 15.1 Å². The number of anilines is 1. The molecule has 4 rings (SSSR count). The highest BCUT2D eigenvalue weighted by Gasteiger charge is 2.35. The lowest BCUT2D eigenvalue weighted by Crippen LogP contribution is -2.54. The summed E-state index contributed by atoms with van der Waals surface area (Å²) in [4.78, 5) is 29.4. The number of nitrogens with zero attached hydrogens (tertiary/aromatic N) is 2. The molecule has 0 saturated heterocycles. The van der Waals surface area contributed by atoms with Gasteiger partial charge in [0.25, 0.3) is 10.0 Å². The van der Waals surface area contributed by atoms with Gasteiger partial charge in [-0.25, -0.2) is 8.42 Å². The van der Waals surface area contributed by atoms with Crippen molar-refractivity contribution in [3.8, 4) is 0 Å². The van der Waals surface area contributed by atoms with Gasteiger partial charge in [-0.15, -0.1) is 0 Å². The number of rotatable bonds is 11. The minimum absolute atomic E-state index is 0.0329. The van der Waals surface area contributed by atoms with Gasteiger partial charge in [-0.05, 0) is 79.8 Å². The molecule has 2 amide bonds. The Morgan fingerprint density at radius 3 is 2.26 bits per heavy atom. The van der Waals surface area contributed by atoms with Crippen LogP contribution in [0.25, 0.3) is 0 Å². The van der Waals surface area contributed by atoms with Crippen molar-refractivity contribution in [1.82, 2.24) is 10.2 Å². The molecular weight excluding hydrogens is 629 g/mol. The lowest BCUT2D eigenvalue weighted by molar-refractivity contribution is -0.140. The van der Waals surface area contributed by atoms with Crippen LogP contribution in [0.15, 0.2) is 71.6 Å². The third kappa shape index (κ3) is 8.24. The molecule has 1 atom stereocenters. The van der Waals surface area contributed by atoms with Gasteiger partial charge in [0.15, 0.2) is 0 Å². The van der Waals surface area contributed by atoms with Gasteiger partial charge in [-0.3, -0.25) is 13.9 Å². The second-order valence-corrected chi connectivity index (χ2v) is 13.9. The highest BCUT2D eigenvalue weighted by molar-refractivity contribution is 7.92. The minimum atomic E-state index is -4.17. The first-order valence-electron chi connectivity index (χ1n) is 14.4. The van der Waals surface area contributed by atoms with Crippen molar-refractivity contribution in [2.45, 2.75) is 75.9 Å². The number of halogens is 3. The summed E-state index contributed by atoms with van der Waals surface area (Å²) < 4.78 is 29.1. The molecule has 0 heterocycles. The minimum Gasteiger partial charge on any atom is -0.352 e. The second-order valence-electron chi connectivity index (χ2n) is 10.8. The van der Waals surface area contributed by atoms with Gasteiger partial charge in [0.2, 0.25) is 11.8 Å². The topological polar surface area (TPSA) is 86.8 Å². The zero-order valence-electron chi connectivity index (χ0n) is 24.2. The lowest BCUT2D eigenvalue weighted by atomic mass is 9.95. The first-order chi connectivity index (χ1) is 20.5. The maximum Gasteiger partial charge on any atom is 0.264 e. The zero-order valence-corrected chi connectivity index (χ0v) is 27.3. The standard InChI is InChI=1S/C32H36Cl3N3O4S/c1-3-29(32(40)36-25-10-6-4-7-11-25)37(20-23-14-16-27(34)28(35)19-23)31(39)21-38(30-17-15-24(33)18-22(30)2)43(41,42)26-12-8-5-9-13-26/h5,8-9,12-19,25,29H,3-4,6-7,10-11,20-21H2,1-2H3,(H,36,40)/t29-/m0/s1. The summed E-state index contributed by atoms with van der Waals surface area (Å²) in [6, 6.07) is 17.0. The van der Waals surface area contributed by atoms with Crippen LogP contribution >= 0.6 is 34.8 Å². The number of nitrogens with one attached hydrogen (secondary N) is 1. The van der Waals surface area contributed by atoms with Crippen LogP contribution in [-0.4, -0.2) is 43.8 Å². The number of sulfonamides is 1. The average Bonchev–Trinajstić information content (AvgIpc) is 2.98. The van der Waals surface area contributed by atoms with Crippen molar-refractivity contribution in [3.05, 3.63) is 92.9 Å². The van der Waals surface area contributed by atoms with Gasteiger partial charge in [-0.2, -0.15) is 0 Å². The van der Waals surface area contributed by atoms with Crippen molar-refractivity contribution in [1.29, 1.82) is 0 Å². The molecule has 1 saturated carbocycles. The molecule has 3 aromatic rings. The van der Waals surface area contributed by atoms with Crippen LogP contribution in [0.1, 0.15) is 56.6 Å². The Hall–Kier alpha value is -2.78. The lowest BCUT2D eigenvalue weighted by Gasteiger charge is -2.34. The predicted octanol–water partition coefficient (Wildman–Crippen LogP) is 7.41. The third-order valence-corrected chi connectivity index (χ3v) is 10.5. The first-order valence-corrected chi connectivity index (χ1v) is 17.0. The fraction of sp³-hybridized carbons (Fsp3) is 0.375.